The van der Waals surface area contributed by atoms with Crippen LogP contribution in [0.4, 0.5) is 0 Å². The van der Waals surface area contributed by atoms with Gasteiger partial charge >= 0.3 is 0 Å². The molecular formula is C55H91N9O16. The number of amides is 8. The van der Waals surface area contributed by atoms with Gasteiger partial charge in [0.25, 0.3) is 0 Å². The first-order valence-corrected chi connectivity index (χ1v) is 28.4. The van der Waals surface area contributed by atoms with E-state index in [-0.39, 0.29) is 49.9 Å². The molecule has 0 bridgehead atoms. The summed E-state index contributed by atoms with van der Waals surface area (Å²) in [7, 11) is 0. The monoisotopic (exact) mass is 1130 g/mol. The summed E-state index contributed by atoms with van der Waals surface area (Å²) >= 11 is 0. The van der Waals surface area contributed by atoms with E-state index in [2.05, 4.69) is 52.7 Å². The van der Waals surface area contributed by atoms with E-state index in [1.807, 2.05) is 13.8 Å². The van der Waals surface area contributed by atoms with Crippen molar-refractivity contribution in [2.45, 2.75) is 223 Å². The molecule has 15 N–H and O–H groups in total. The van der Waals surface area contributed by atoms with Gasteiger partial charge in [0.2, 0.25) is 47.3 Å². The van der Waals surface area contributed by atoms with E-state index in [1.54, 1.807) is 0 Å². The third-order valence-corrected chi connectivity index (χ3v) is 15.1. The van der Waals surface area contributed by atoms with Crippen LogP contribution in [0.5, 0.6) is 5.75 Å². The predicted octanol–water partition coefficient (Wildman–Crippen LogP) is -1.29. The average Bonchev–Trinajstić information content (AvgIpc) is 4.09. The van der Waals surface area contributed by atoms with E-state index in [0.29, 0.717) is 24.7 Å². The third-order valence-electron chi connectivity index (χ3n) is 15.1. The van der Waals surface area contributed by atoms with E-state index in [1.165, 1.54) is 37.6 Å². The Kier molecular flexibility index (Phi) is 27.4. The van der Waals surface area contributed by atoms with Crippen LogP contribution in [0.15, 0.2) is 24.3 Å². The average molecular weight is 1130 g/mol. The Labute approximate surface area is 468 Å². The highest BCUT2D eigenvalue weighted by Crippen LogP contribution is 2.27. The van der Waals surface area contributed by atoms with Crippen LogP contribution in [0.25, 0.3) is 0 Å². The Bertz CT molecular complexity index is 2190. The Morgan fingerprint density at radius 2 is 1.40 bits per heavy atom. The third kappa shape index (κ3) is 20.8. The maximum Gasteiger partial charge on any atom is 0.248 e. The van der Waals surface area contributed by atoms with Crippen molar-refractivity contribution in [1.29, 1.82) is 0 Å². The van der Waals surface area contributed by atoms with Crippen LogP contribution in [-0.2, 0) is 43.1 Å². The van der Waals surface area contributed by atoms with Crippen molar-refractivity contribution < 1.29 is 78.8 Å². The van der Waals surface area contributed by atoms with Crippen LogP contribution < -0.4 is 37.6 Å². The highest BCUT2D eigenvalue weighted by Gasteiger charge is 2.48. The number of carbonyl (C=O) groups is 8. The lowest BCUT2D eigenvalue weighted by molar-refractivity contribution is -0.149. The maximum absolute atomic E-state index is 14.7. The normalized spacial score (nSPS) is 27.6. The number of unbranched alkanes of at least 4 members (excludes halogenated alkanes) is 5. The SMILES string of the molecule is CC[C@H](C)C[C@H](C)CCCCCCCCC(=O)N[C@H]1C[C@@H](O)C(OCCNC(C)C)NC(=O)[C@@H]2[C@@H](O)CCN2C(=O)C([C@H](O)CC(N)=O)NC(=O)C(C[C@@H](O)c2ccc(O)cc2)NC(=O)[C@@H]2C[C@@H](O)CN2C(=O)C([C@@H](C)O)NC1=O. The van der Waals surface area contributed by atoms with Crippen molar-refractivity contribution in [3.63, 3.8) is 0 Å². The van der Waals surface area contributed by atoms with E-state index in [9.17, 15) is 74.1 Å². The molecule has 3 saturated heterocycles. The van der Waals surface area contributed by atoms with Crippen LogP contribution in [0.3, 0.4) is 0 Å². The van der Waals surface area contributed by atoms with Gasteiger partial charge in [-0.2, -0.15) is 0 Å². The molecule has 8 amide bonds. The van der Waals surface area contributed by atoms with Gasteiger partial charge in [0.15, 0.2) is 6.23 Å². The molecule has 1 aromatic rings. The molecular weight excluding hydrogens is 1040 g/mol. The van der Waals surface area contributed by atoms with E-state index in [4.69, 9.17) is 10.5 Å². The topological polar surface area (TPSA) is 392 Å². The van der Waals surface area contributed by atoms with Gasteiger partial charge in [-0.15, -0.1) is 0 Å². The van der Waals surface area contributed by atoms with Gasteiger partial charge < -0.3 is 87.9 Å². The largest absolute Gasteiger partial charge is 0.508 e. The fourth-order valence-corrected chi connectivity index (χ4v) is 10.4. The molecule has 4 unspecified atom stereocenters. The lowest BCUT2D eigenvalue weighted by Crippen LogP contribution is -2.63. The number of aromatic hydroxyl groups is 1. The second-order valence-corrected chi connectivity index (χ2v) is 22.4. The number of aliphatic hydroxyl groups is 6. The molecule has 3 fully saturated rings. The minimum Gasteiger partial charge on any atom is -0.508 e. The molecule has 3 aliphatic rings. The molecule has 3 heterocycles. The summed E-state index contributed by atoms with van der Waals surface area (Å²) in [5.74, 6) is -7.38. The second-order valence-electron chi connectivity index (χ2n) is 22.4. The highest BCUT2D eigenvalue weighted by molar-refractivity contribution is 5.98. The van der Waals surface area contributed by atoms with Gasteiger partial charge in [0, 0.05) is 51.4 Å². The van der Waals surface area contributed by atoms with Crippen LogP contribution in [0.2, 0.25) is 0 Å². The lowest BCUT2D eigenvalue weighted by Gasteiger charge is -2.34. The summed E-state index contributed by atoms with van der Waals surface area (Å²) in [6.07, 6.45) is -6.24. The molecule has 0 saturated carbocycles. The Morgan fingerprint density at radius 3 is 2.04 bits per heavy atom. The molecule has 0 aliphatic carbocycles. The molecule has 25 heteroatoms. The van der Waals surface area contributed by atoms with Crippen molar-refractivity contribution in [2.24, 2.45) is 17.6 Å². The zero-order valence-corrected chi connectivity index (χ0v) is 47.3. The number of carbonyl (C=O) groups excluding carboxylic acids is 8. The fourth-order valence-electron chi connectivity index (χ4n) is 10.4. The van der Waals surface area contributed by atoms with Crippen molar-refractivity contribution >= 4 is 47.3 Å². The quantitative estimate of drug-likeness (QED) is 0.0507. The summed E-state index contributed by atoms with van der Waals surface area (Å²) in [5, 5.41) is 93.5. The number of nitrogens with zero attached hydrogens (tertiary/aromatic N) is 2. The van der Waals surface area contributed by atoms with E-state index >= 15 is 0 Å². The minimum atomic E-state index is -2.12. The summed E-state index contributed by atoms with van der Waals surface area (Å²) in [5.41, 5.74) is 5.57. The Morgan fingerprint density at radius 1 is 0.762 bits per heavy atom. The van der Waals surface area contributed by atoms with Crippen LogP contribution >= 0.6 is 0 Å². The first-order chi connectivity index (χ1) is 37.8. The zero-order valence-electron chi connectivity index (χ0n) is 47.3. The van der Waals surface area contributed by atoms with Crippen molar-refractivity contribution in [3.05, 3.63) is 29.8 Å². The number of rotatable bonds is 25. The van der Waals surface area contributed by atoms with Gasteiger partial charge in [0.1, 0.15) is 48.1 Å². The highest BCUT2D eigenvalue weighted by atomic mass is 16.5. The summed E-state index contributed by atoms with van der Waals surface area (Å²) in [4.78, 5) is 115. The smallest absolute Gasteiger partial charge is 0.248 e. The van der Waals surface area contributed by atoms with Crippen LogP contribution in [0.1, 0.15) is 150 Å². The number of primary amides is 1. The van der Waals surface area contributed by atoms with Crippen molar-refractivity contribution in [3.8, 4) is 5.75 Å². The lowest BCUT2D eigenvalue weighted by atomic mass is 9.91. The van der Waals surface area contributed by atoms with Gasteiger partial charge in [-0.25, -0.2) is 0 Å². The molecule has 1 aromatic carbocycles. The Hall–Kier alpha value is -5.54. The molecule has 0 spiro atoms. The van der Waals surface area contributed by atoms with Crippen molar-refractivity contribution in [2.75, 3.05) is 26.2 Å². The number of fused-ring (bicyclic) bond motifs is 2. The fraction of sp³-hybridized carbons (Fsp3) is 0.745. The molecule has 452 valence electrons. The molecule has 15 atom stereocenters. The molecule has 4 rings (SSSR count). The predicted molar refractivity (Wildman–Crippen MR) is 291 cm³/mol. The number of aliphatic hydroxyl groups excluding tert-OH is 6. The summed E-state index contributed by atoms with van der Waals surface area (Å²) in [6, 6.07) is -5.80. The van der Waals surface area contributed by atoms with Crippen molar-refractivity contribution in [1.82, 2.24) is 41.7 Å². The number of phenols is 1. The van der Waals surface area contributed by atoms with E-state index in [0.717, 1.165) is 48.3 Å². The van der Waals surface area contributed by atoms with Crippen LogP contribution in [0, 0.1) is 11.8 Å². The summed E-state index contributed by atoms with van der Waals surface area (Å²) in [6.45, 7) is 10.8. The zero-order chi connectivity index (χ0) is 59.4. The molecule has 25 nitrogen and oxygen atoms in total. The van der Waals surface area contributed by atoms with Gasteiger partial charge in [-0.3, -0.25) is 38.4 Å². The number of phenolic OH excluding ortho intramolecular Hbond substituents is 1. The molecule has 0 aromatic heterocycles. The molecule has 0 radical (unpaired) electrons. The molecule has 3 aliphatic heterocycles. The Balaban J connectivity index is 1.75. The maximum atomic E-state index is 14.7. The number of ether oxygens (including phenoxy) is 1. The van der Waals surface area contributed by atoms with Crippen LogP contribution in [-0.4, -0.2) is 198 Å². The van der Waals surface area contributed by atoms with Gasteiger partial charge in [0.05, 0.1) is 43.5 Å². The molecule has 80 heavy (non-hydrogen) atoms. The number of benzene rings is 1. The van der Waals surface area contributed by atoms with E-state index < -0.39 is 159 Å². The van der Waals surface area contributed by atoms with Gasteiger partial charge in [-0.05, 0) is 55.7 Å². The number of hydrogen-bond acceptors (Lipinski definition) is 17. The summed E-state index contributed by atoms with van der Waals surface area (Å²) < 4.78 is 5.98. The van der Waals surface area contributed by atoms with Gasteiger partial charge in [-0.1, -0.05) is 91.7 Å². The number of nitrogens with one attached hydrogen (secondary N) is 6. The second kappa shape index (κ2) is 32.8. The number of hydrogen-bond donors (Lipinski definition) is 14. The first kappa shape index (κ1) is 67.0. The standard InChI is InChI=1S/C55H91N9O16/c1-7-31(4)24-32(5)14-12-10-8-9-11-13-15-45(73)58-37-27-43(71)53(80-23-21-57-30(2)3)62-52(77)48-40(68)20-22-63(48)55(79)47(42(70)28-44(56)72)61-50(75)38(26-41(69)34-16-18-35(66)19-17-34)59-51(76)39-25-36(67)29-64(39)54(78)46(33(6)65)60-49(37)74/h16-19,30-33,36-43,46-48,53,57,65-71H,7-15,20-29H2,1-6H3,(H2,56,72)(H,58,73)(H,59,76)(H,60,74)(H,61,75)(H,62,77)/t31-,32+,33+,36+,37-,38?,39-,40-,41+,42+,43+,46?,47?,48-,53?/m0/s1. The first-order valence-electron chi connectivity index (χ1n) is 28.4. The minimum absolute atomic E-state index is 0.0265. The number of nitrogens with two attached hydrogens (primary N) is 1.